The number of alkyl halides is 2. The predicted octanol–water partition coefficient (Wildman–Crippen LogP) is 0.304. The molecule has 7 heteroatoms. The molecule has 1 aliphatic rings. The highest BCUT2D eigenvalue weighted by Gasteiger charge is 2.43. The second-order valence-electron chi connectivity index (χ2n) is 3.45. The fourth-order valence-corrected chi connectivity index (χ4v) is 1.69. The van der Waals surface area contributed by atoms with E-state index in [0.717, 1.165) is 6.26 Å². The van der Waals surface area contributed by atoms with E-state index >= 15 is 0 Å². The van der Waals surface area contributed by atoms with Gasteiger partial charge in [-0.05, 0) is 6.42 Å². The summed E-state index contributed by atoms with van der Waals surface area (Å²) >= 11 is 0. The van der Waals surface area contributed by atoms with Crippen LogP contribution in [0, 0.1) is 0 Å². The van der Waals surface area contributed by atoms with Crippen molar-refractivity contribution in [1.82, 2.24) is 4.90 Å². The molecule has 1 rings (SSSR count). The molecule has 84 valence electrons. The lowest BCUT2D eigenvalue weighted by Crippen LogP contribution is -2.56. The van der Waals surface area contributed by atoms with E-state index in [0.29, 0.717) is 13.0 Å². The molecule has 14 heavy (non-hydrogen) atoms. The number of hydrogen-bond acceptors (Lipinski definition) is 4. The summed E-state index contributed by atoms with van der Waals surface area (Å²) in [6.45, 7) is 0.0454. The van der Waals surface area contributed by atoms with Crippen LogP contribution < -0.4 is 0 Å². The van der Waals surface area contributed by atoms with Crippen molar-refractivity contribution in [2.24, 2.45) is 0 Å². The van der Waals surface area contributed by atoms with E-state index < -0.39 is 16.0 Å². The SMILES string of the molecule is CS(=O)(=O)OCCCN1CC(F)(F)C1. The minimum Gasteiger partial charge on any atom is -0.291 e. The Bertz CT molecular complexity index is 283. The minimum absolute atomic E-state index is 0.0565. The van der Waals surface area contributed by atoms with Gasteiger partial charge >= 0.3 is 0 Å². The van der Waals surface area contributed by atoms with Crippen molar-refractivity contribution in [3.8, 4) is 0 Å². The zero-order chi connectivity index (χ0) is 10.8. The van der Waals surface area contributed by atoms with Crippen LogP contribution in [0.1, 0.15) is 6.42 Å². The normalized spacial score (nSPS) is 21.9. The smallest absolute Gasteiger partial charge is 0.272 e. The first kappa shape index (κ1) is 11.8. The Hall–Kier alpha value is -0.270. The van der Waals surface area contributed by atoms with E-state index in [4.69, 9.17) is 0 Å². The Morgan fingerprint density at radius 1 is 1.43 bits per heavy atom. The van der Waals surface area contributed by atoms with Gasteiger partial charge in [-0.2, -0.15) is 8.42 Å². The van der Waals surface area contributed by atoms with E-state index in [1.165, 1.54) is 0 Å². The molecule has 0 spiro atoms. The van der Waals surface area contributed by atoms with Crippen molar-refractivity contribution in [2.45, 2.75) is 12.3 Å². The maximum Gasteiger partial charge on any atom is 0.272 e. The van der Waals surface area contributed by atoms with Gasteiger partial charge < -0.3 is 0 Å². The van der Waals surface area contributed by atoms with E-state index in [-0.39, 0.29) is 19.7 Å². The van der Waals surface area contributed by atoms with E-state index in [1.54, 1.807) is 4.90 Å². The second kappa shape index (κ2) is 4.08. The highest BCUT2D eigenvalue weighted by atomic mass is 32.2. The third-order valence-electron chi connectivity index (χ3n) is 1.83. The molecule has 0 atom stereocenters. The zero-order valence-electron chi connectivity index (χ0n) is 7.87. The molecule has 0 aliphatic carbocycles. The molecule has 0 unspecified atom stereocenters. The molecule has 0 bridgehead atoms. The average molecular weight is 229 g/mol. The zero-order valence-corrected chi connectivity index (χ0v) is 8.69. The van der Waals surface area contributed by atoms with Crippen LogP contribution in [0.3, 0.4) is 0 Å². The summed E-state index contributed by atoms with van der Waals surface area (Å²) in [6, 6.07) is 0. The van der Waals surface area contributed by atoms with Crippen molar-refractivity contribution in [3.05, 3.63) is 0 Å². The monoisotopic (exact) mass is 229 g/mol. The summed E-state index contributed by atoms with van der Waals surface area (Å²) in [5, 5.41) is 0. The molecule has 4 nitrogen and oxygen atoms in total. The summed E-state index contributed by atoms with van der Waals surface area (Å²) in [5.41, 5.74) is 0. The van der Waals surface area contributed by atoms with Crippen LogP contribution >= 0.6 is 0 Å². The molecule has 0 amide bonds. The van der Waals surface area contributed by atoms with E-state index in [2.05, 4.69) is 4.18 Å². The molecule has 1 fully saturated rings. The summed E-state index contributed by atoms with van der Waals surface area (Å²) in [7, 11) is -3.40. The third-order valence-corrected chi connectivity index (χ3v) is 2.42. The molecular formula is C7H13F2NO3S. The molecule has 0 radical (unpaired) electrons. The van der Waals surface area contributed by atoms with Gasteiger partial charge in [0.2, 0.25) is 0 Å². The van der Waals surface area contributed by atoms with Crippen LogP contribution in [0.2, 0.25) is 0 Å². The molecule has 0 saturated carbocycles. The molecule has 1 aliphatic heterocycles. The van der Waals surface area contributed by atoms with Crippen molar-refractivity contribution in [3.63, 3.8) is 0 Å². The van der Waals surface area contributed by atoms with Crippen LogP contribution in [-0.2, 0) is 14.3 Å². The van der Waals surface area contributed by atoms with Gasteiger partial charge in [-0.15, -0.1) is 0 Å². The molecule has 0 aromatic heterocycles. The Kier molecular flexibility index (Phi) is 3.44. The van der Waals surface area contributed by atoms with Gasteiger partial charge in [0.15, 0.2) is 0 Å². The lowest BCUT2D eigenvalue weighted by atomic mass is 10.1. The van der Waals surface area contributed by atoms with Crippen molar-refractivity contribution >= 4 is 10.1 Å². The first-order chi connectivity index (χ1) is 6.29. The number of halogens is 2. The summed E-state index contributed by atoms with van der Waals surface area (Å²) < 4.78 is 50.1. The maximum absolute atomic E-state index is 12.3. The minimum atomic E-state index is -3.40. The van der Waals surface area contributed by atoms with Crippen molar-refractivity contribution < 1.29 is 21.4 Å². The maximum atomic E-state index is 12.3. The lowest BCUT2D eigenvalue weighted by Gasteiger charge is -2.38. The van der Waals surface area contributed by atoms with Crippen LogP contribution in [0.25, 0.3) is 0 Å². The van der Waals surface area contributed by atoms with Gasteiger partial charge in [-0.3, -0.25) is 9.08 Å². The lowest BCUT2D eigenvalue weighted by molar-refractivity contribution is -0.130. The molecule has 0 N–H and O–H groups in total. The van der Waals surface area contributed by atoms with E-state index in [9.17, 15) is 17.2 Å². The van der Waals surface area contributed by atoms with Crippen LogP contribution in [0.5, 0.6) is 0 Å². The van der Waals surface area contributed by atoms with Crippen molar-refractivity contribution in [2.75, 3.05) is 32.5 Å². The number of hydrogen-bond donors (Lipinski definition) is 0. The molecule has 1 heterocycles. The Labute approximate surface area is 82.0 Å². The highest BCUT2D eigenvalue weighted by Crippen LogP contribution is 2.26. The van der Waals surface area contributed by atoms with Crippen molar-refractivity contribution in [1.29, 1.82) is 0 Å². The quantitative estimate of drug-likeness (QED) is 0.502. The fourth-order valence-electron chi connectivity index (χ4n) is 1.26. The van der Waals surface area contributed by atoms with E-state index in [1.807, 2.05) is 0 Å². The third kappa shape index (κ3) is 4.30. The van der Waals surface area contributed by atoms with Crippen LogP contribution in [0.4, 0.5) is 8.78 Å². The fraction of sp³-hybridized carbons (Fsp3) is 1.00. The number of rotatable bonds is 5. The summed E-state index contributed by atoms with van der Waals surface area (Å²) in [4.78, 5) is 1.56. The largest absolute Gasteiger partial charge is 0.291 e. The van der Waals surface area contributed by atoms with Crippen LogP contribution in [0.15, 0.2) is 0 Å². The first-order valence-electron chi connectivity index (χ1n) is 4.23. The number of likely N-dealkylation sites (tertiary alicyclic amines) is 1. The highest BCUT2D eigenvalue weighted by molar-refractivity contribution is 7.85. The number of nitrogens with zero attached hydrogens (tertiary/aromatic N) is 1. The average Bonchev–Trinajstić information content (AvgIpc) is 1.92. The Morgan fingerprint density at radius 3 is 2.43 bits per heavy atom. The van der Waals surface area contributed by atoms with Crippen LogP contribution in [-0.4, -0.2) is 51.7 Å². The summed E-state index contributed by atoms with van der Waals surface area (Å²) in [5.74, 6) is -2.56. The molecule has 1 saturated heterocycles. The molecule has 0 aromatic carbocycles. The predicted molar refractivity (Wildman–Crippen MR) is 46.8 cm³/mol. The first-order valence-corrected chi connectivity index (χ1v) is 6.05. The standard InChI is InChI=1S/C7H13F2NO3S/c1-14(11,12)13-4-2-3-10-5-7(8,9)6-10/h2-6H2,1H3. The van der Waals surface area contributed by atoms with Gasteiger partial charge in [0.25, 0.3) is 16.0 Å². The van der Waals surface area contributed by atoms with Gasteiger partial charge in [-0.1, -0.05) is 0 Å². The van der Waals surface area contributed by atoms with Gasteiger partial charge in [0, 0.05) is 6.54 Å². The summed E-state index contributed by atoms with van der Waals surface area (Å²) in [6.07, 6.45) is 1.41. The molecular weight excluding hydrogens is 216 g/mol. The van der Waals surface area contributed by atoms with Gasteiger partial charge in [0.1, 0.15) is 0 Å². The molecule has 0 aromatic rings. The topological polar surface area (TPSA) is 46.6 Å². The van der Waals surface area contributed by atoms with Gasteiger partial charge in [-0.25, -0.2) is 8.78 Å². The Balaban J connectivity index is 2.02. The van der Waals surface area contributed by atoms with Gasteiger partial charge in [0.05, 0.1) is 26.0 Å². The second-order valence-corrected chi connectivity index (χ2v) is 5.09. The Morgan fingerprint density at radius 2 is 2.00 bits per heavy atom.